The molecule has 1 heterocycles. The summed E-state index contributed by atoms with van der Waals surface area (Å²) in [7, 11) is 0. The number of anilines is 1. The van der Waals surface area contributed by atoms with E-state index in [9.17, 15) is 0 Å². The summed E-state index contributed by atoms with van der Waals surface area (Å²) in [5.41, 5.74) is 2.40. The first-order valence-electron chi connectivity index (χ1n) is 4.99. The number of aromatic nitrogens is 1. The van der Waals surface area contributed by atoms with Crippen molar-refractivity contribution in [1.29, 1.82) is 0 Å². The predicted octanol–water partition coefficient (Wildman–Crippen LogP) is 3.67. The van der Waals surface area contributed by atoms with E-state index in [0.717, 1.165) is 17.1 Å². The summed E-state index contributed by atoms with van der Waals surface area (Å²) in [6.07, 6.45) is 2.18. The van der Waals surface area contributed by atoms with Crippen molar-refractivity contribution in [1.82, 2.24) is 4.37 Å². The molecule has 0 atom stereocenters. The minimum Gasteiger partial charge on any atom is -0.372 e. The Morgan fingerprint density at radius 1 is 1.40 bits per heavy atom. The lowest BCUT2D eigenvalue weighted by Gasteiger charge is -1.99. The van der Waals surface area contributed by atoms with Gasteiger partial charge in [-0.05, 0) is 37.5 Å². The summed E-state index contributed by atoms with van der Waals surface area (Å²) in [5.74, 6) is 0. The molecule has 0 radical (unpaired) electrons. The Morgan fingerprint density at radius 3 is 3.00 bits per heavy atom. The fourth-order valence-electron chi connectivity index (χ4n) is 1.36. The molecule has 0 unspecified atom stereocenters. The average molecular weight is 218 g/mol. The zero-order valence-electron chi connectivity index (χ0n) is 8.95. The van der Waals surface area contributed by atoms with Crippen molar-refractivity contribution >= 4 is 27.4 Å². The lowest BCUT2D eigenvalue weighted by Crippen LogP contribution is -1.96. The summed E-state index contributed by atoms with van der Waals surface area (Å²) in [6.45, 7) is 5.08. The monoisotopic (exact) mass is 218 g/mol. The Morgan fingerprint density at radius 2 is 2.20 bits per heavy atom. The van der Waals surface area contributed by atoms with Gasteiger partial charge < -0.3 is 5.32 Å². The highest BCUT2D eigenvalue weighted by atomic mass is 32.1. The first-order chi connectivity index (χ1) is 7.27. The van der Waals surface area contributed by atoms with Gasteiger partial charge in [-0.1, -0.05) is 23.8 Å². The summed E-state index contributed by atoms with van der Waals surface area (Å²) < 4.78 is 4.37. The SMILES string of the molecule is CC(C)=CCNc1snc2ccccc12. The van der Waals surface area contributed by atoms with E-state index in [-0.39, 0.29) is 0 Å². The van der Waals surface area contributed by atoms with Crippen molar-refractivity contribution < 1.29 is 0 Å². The molecule has 2 aromatic rings. The predicted molar refractivity (Wildman–Crippen MR) is 67.5 cm³/mol. The molecule has 3 heteroatoms. The molecule has 2 nitrogen and oxygen atoms in total. The zero-order valence-corrected chi connectivity index (χ0v) is 9.77. The zero-order chi connectivity index (χ0) is 10.7. The Balaban J connectivity index is 2.18. The van der Waals surface area contributed by atoms with E-state index in [0.29, 0.717) is 0 Å². The highest BCUT2D eigenvalue weighted by Gasteiger charge is 2.02. The number of nitrogens with zero attached hydrogens (tertiary/aromatic N) is 1. The maximum atomic E-state index is 4.37. The number of benzene rings is 1. The normalized spacial score (nSPS) is 10.3. The Kier molecular flexibility index (Phi) is 3.02. The van der Waals surface area contributed by atoms with Crippen LogP contribution in [0.25, 0.3) is 10.9 Å². The van der Waals surface area contributed by atoms with Crippen LogP contribution in [0.4, 0.5) is 5.00 Å². The lowest BCUT2D eigenvalue weighted by molar-refractivity contribution is 1.28. The molecule has 1 aromatic heterocycles. The summed E-state index contributed by atoms with van der Waals surface area (Å²) >= 11 is 1.52. The van der Waals surface area contributed by atoms with Gasteiger partial charge in [0.1, 0.15) is 5.00 Å². The third kappa shape index (κ3) is 2.36. The van der Waals surface area contributed by atoms with Crippen molar-refractivity contribution in [2.24, 2.45) is 0 Å². The van der Waals surface area contributed by atoms with Gasteiger partial charge in [-0.15, -0.1) is 0 Å². The molecule has 0 saturated heterocycles. The second kappa shape index (κ2) is 4.45. The molecule has 2 rings (SSSR count). The number of hydrogen-bond acceptors (Lipinski definition) is 3. The summed E-state index contributed by atoms with van der Waals surface area (Å²) in [5, 5.41) is 5.75. The molecule has 1 aromatic carbocycles. The van der Waals surface area contributed by atoms with Gasteiger partial charge in [-0.25, -0.2) is 0 Å². The molecule has 0 amide bonds. The van der Waals surface area contributed by atoms with Crippen molar-refractivity contribution in [3.63, 3.8) is 0 Å². The van der Waals surface area contributed by atoms with Gasteiger partial charge in [0.25, 0.3) is 0 Å². The van der Waals surface area contributed by atoms with Crippen LogP contribution >= 0.6 is 11.5 Å². The fraction of sp³-hybridized carbons (Fsp3) is 0.250. The van der Waals surface area contributed by atoms with Gasteiger partial charge in [0.05, 0.1) is 5.52 Å². The van der Waals surface area contributed by atoms with Crippen LogP contribution in [0.2, 0.25) is 0 Å². The molecule has 1 N–H and O–H groups in total. The highest BCUT2D eigenvalue weighted by molar-refractivity contribution is 7.11. The second-order valence-corrected chi connectivity index (χ2v) is 4.46. The number of allylic oxidation sites excluding steroid dienone is 1. The van der Waals surface area contributed by atoms with Crippen molar-refractivity contribution in [2.75, 3.05) is 11.9 Å². The lowest BCUT2D eigenvalue weighted by atomic mass is 10.2. The number of rotatable bonds is 3. The van der Waals surface area contributed by atoms with E-state index in [1.165, 1.54) is 22.5 Å². The Hall–Kier alpha value is -1.35. The Labute approximate surface area is 93.8 Å². The highest BCUT2D eigenvalue weighted by Crippen LogP contribution is 2.26. The van der Waals surface area contributed by atoms with Crippen LogP contribution in [0.15, 0.2) is 35.9 Å². The van der Waals surface area contributed by atoms with Gasteiger partial charge in [0.2, 0.25) is 0 Å². The Bertz CT molecular complexity index is 481. The molecule has 0 aliphatic heterocycles. The van der Waals surface area contributed by atoms with Crippen LogP contribution < -0.4 is 5.32 Å². The fourth-order valence-corrected chi connectivity index (χ4v) is 2.13. The maximum Gasteiger partial charge on any atom is 0.117 e. The van der Waals surface area contributed by atoms with E-state index in [2.05, 4.69) is 35.7 Å². The van der Waals surface area contributed by atoms with Gasteiger partial charge in [-0.3, -0.25) is 0 Å². The molecular formula is C12H14N2S. The quantitative estimate of drug-likeness (QED) is 0.795. The standard InChI is InChI=1S/C12H14N2S/c1-9(2)7-8-13-12-10-5-3-4-6-11(10)14-15-12/h3-7,13H,8H2,1-2H3. The first-order valence-corrected chi connectivity index (χ1v) is 5.76. The van der Waals surface area contributed by atoms with Crippen LogP contribution in [0.3, 0.4) is 0 Å². The number of nitrogens with one attached hydrogen (secondary N) is 1. The van der Waals surface area contributed by atoms with Crippen molar-refractivity contribution in [3.05, 3.63) is 35.9 Å². The third-order valence-electron chi connectivity index (χ3n) is 2.16. The van der Waals surface area contributed by atoms with Crippen molar-refractivity contribution in [3.8, 4) is 0 Å². The minimum atomic E-state index is 0.870. The van der Waals surface area contributed by atoms with Crippen LogP contribution in [0.5, 0.6) is 0 Å². The molecular weight excluding hydrogens is 204 g/mol. The first kappa shape index (κ1) is 10.2. The van der Waals surface area contributed by atoms with E-state index in [4.69, 9.17) is 0 Å². The maximum absolute atomic E-state index is 4.37. The van der Waals surface area contributed by atoms with Gasteiger partial charge in [0, 0.05) is 11.9 Å². The van der Waals surface area contributed by atoms with Crippen molar-refractivity contribution in [2.45, 2.75) is 13.8 Å². The van der Waals surface area contributed by atoms with Crippen LogP contribution in [-0.2, 0) is 0 Å². The molecule has 0 aliphatic rings. The van der Waals surface area contributed by atoms with E-state index in [1.54, 1.807) is 0 Å². The van der Waals surface area contributed by atoms with E-state index >= 15 is 0 Å². The van der Waals surface area contributed by atoms with Crippen LogP contribution in [0, 0.1) is 0 Å². The topological polar surface area (TPSA) is 24.9 Å². The summed E-state index contributed by atoms with van der Waals surface area (Å²) in [6, 6.07) is 8.20. The van der Waals surface area contributed by atoms with E-state index < -0.39 is 0 Å². The average Bonchev–Trinajstić information content (AvgIpc) is 2.62. The molecule has 0 spiro atoms. The smallest absolute Gasteiger partial charge is 0.117 e. The molecule has 0 fully saturated rings. The third-order valence-corrected chi connectivity index (χ3v) is 2.99. The minimum absolute atomic E-state index is 0.870. The van der Waals surface area contributed by atoms with Crippen LogP contribution in [-0.4, -0.2) is 10.9 Å². The van der Waals surface area contributed by atoms with Crippen LogP contribution in [0.1, 0.15) is 13.8 Å². The molecule has 0 saturated carbocycles. The largest absolute Gasteiger partial charge is 0.372 e. The molecule has 78 valence electrons. The molecule has 15 heavy (non-hydrogen) atoms. The molecule has 0 aliphatic carbocycles. The summed E-state index contributed by atoms with van der Waals surface area (Å²) in [4.78, 5) is 0. The van der Waals surface area contributed by atoms with Gasteiger partial charge in [0.15, 0.2) is 0 Å². The second-order valence-electron chi connectivity index (χ2n) is 3.69. The number of fused-ring (bicyclic) bond motifs is 1. The molecule has 0 bridgehead atoms. The number of hydrogen-bond donors (Lipinski definition) is 1. The van der Waals surface area contributed by atoms with Gasteiger partial charge in [-0.2, -0.15) is 4.37 Å². The van der Waals surface area contributed by atoms with Gasteiger partial charge >= 0.3 is 0 Å². The van der Waals surface area contributed by atoms with E-state index in [1.807, 2.05) is 18.2 Å².